The summed E-state index contributed by atoms with van der Waals surface area (Å²) in [6.07, 6.45) is 0.296. The summed E-state index contributed by atoms with van der Waals surface area (Å²) in [6, 6.07) is 5.36. The van der Waals surface area contributed by atoms with Crippen LogP contribution in [0.25, 0.3) is 0 Å². The highest BCUT2D eigenvalue weighted by Gasteiger charge is 2.33. The number of anilines is 1. The van der Waals surface area contributed by atoms with Crippen molar-refractivity contribution in [3.05, 3.63) is 18.2 Å². The van der Waals surface area contributed by atoms with Crippen LogP contribution in [0.5, 0.6) is 11.5 Å². The number of amides is 3. The number of carbonyl (C=O) groups excluding carboxylic acids is 2. The van der Waals surface area contributed by atoms with Crippen molar-refractivity contribution in [1.82, 2.24) is 10.2 Å². The number of ether oxygens (including phenoxy) is 2. The molecule has 0 spiro atoms. The minimum absolute atomic E-state index is 0.00683. The van der Waals surface area contributed by atoms with E-state index in [1.165, 1.54) is 0 Å². The Morgan fingerprint density at radius 2 is 1.81 bits per heavy atom. The third-order valence-electron chi connectivity index (χ3n) is 4.64. The lowest BCUT2D eigenvalue weighted by molar-refractivity contribution is -0.117. The van der Waals surface area contributed by atoms with Crippen LogP contribution in [-0.4, -0.2) is 54.7 Å². The molecule has 1 atom stereocenters. The Kier molecular flexibility index (Phi) is 5.25. The van der Waals surface area contributed by atoms with E-state index in [9.17, 15) is 9.59 Å². The predicted octanol–water partition coefficient (Wildman–Crippen LogP) is 2.39. The molecule has 1 fully saturated rings. The molecule has 1 aromatic rings. The van der Waals surface area contributed by atoms with Crippen LogP contribution < -0.4 is 19.7 Å². The Labute approximate surface area is 154 Å². The molecule has 7 heteroatoms. The Morgan fingerprint density at radius 1 is 1.15 bits per heavy atom. The molecule has 7 nitrogen and oxygen atoms in total. The molecule has 0 aliphatic carbocycles. The predicted molar refractivity (Wildman–Crippen MR) is 98.8 cm³/mol. The van der Waals surface area contributed by atoms with Gasteiger partial charge in [-0.3, -0.25) is 4.79 Å². The molecule has 0 unspecified atom stereocenters. The maximum absolute atomic E-state index is 12.6. The van der Waals surface area contributed by atoms with Crippen molar-refractivity contribution in [3.63, 3.8) is 0 Å². The Hall–Kier alpha value is -2.44. The van der Waals surface area contributed by atoms with Gasteiger partial charge < -0.3 is 24.6 Å². The highest BCUT2D eigenvalue weighted by atomic mass is 16.6. The minimum Gasteiger partial charge on any atom is -0.486 e. The average molecular weight is 361 g/mol. The number of carbonyl (C=O) groups is 2. The lowest BCUT2D eigenvalue weighted by atomic mass is 10.2. The molecule has 0 aromatic heterocycles. The minimum atomic E-state index is -0.205. The van der Waals surface area contributed by atoms with Gasteiger partial charge in [-0.1, -0.05) is 0 Å². The number of nitrogens with zero attached hydrogens (tertiary/aromatic N) is 2. The van der Waals surface area contributed by atoms with Crippen molar-refractivity contribution in [1.29, 1.82) is 0 Å². The Bertz CT molecular complexity index is 681. The van der Waals surface area contributed by atoms with Gasteiger partial charge in [0, 0.05) is 36.8 Å². The number of fused-ring (bicyclic) bond motifs is 1. The van der Waals surface area contributed by atoms with E-state index in [4.69, 9.17) is 9.47 Å². The fourth-order valence-electron chi connectivity index (χ4n) is 3.57. The van der Waals surface area contributed by atoms with Crippen LogP contribution in [0.1, 0.15) is 34.1 Å². The molecule has 1 N–H and O–H groups in total. The normalized spacial score (nSPS) is 19.2. The molecule has 2 aliphatic heterocycles. The molecular weight excluding hydrogens is 334 g/mol. The first-order chi connectivity index (χ1) is 12.4. The largest absolute Gasteiger partial charge is 0.486 e. The standard InChI is InChI=1S/C19H27N3O4/c1-12(2)22(13(3)4)19(24)20-14-9-18(23)21(11-14)15-5-6-16-17(10-15)26-8-7-25-16/h5-6,10,12-14H,7-9,11H2,1-4H3,(H,20,24)/t14-/m1/s1. The molecule has 0 radical (unpaired) electrons. The fraction of sp³-hybridized carbons (Fsp3) is 0.579. The molecule has 1 aromatic carbocycles. The summed E-state index contributed by atoms with van der Waals surface area (Å²) in [5.41, 5.74) is 0.764. The van der Waals surface area contributed by atoms with E-state index in [0.717, 1.165) is 5.69 Å². The Morgan fingerprint density at radius 3 is 2.46 bits per heavy atom. The van der Waals surface area contributed by atoms with Gasteiger partial charge in [-0.25, -0.2) is 4.79 Å². The van der Waals surface area contributed by atoms with E-state index >= 15 is 0 Å². The second kappa shape index (κ2) is 7.43. The first kappa shape index (κ1) is 18.4. The lowest BCUT2D eigenvalue weighted by Crippen LogP contribution is -2.51. The summed E-state index contributed by atoms with van der Waals surface area (Å²) in [4.78, 5) is 28.5. The molecule has 0 bridgehead atoms. The highest BCUT2D eigenvalue weighted by molar-refractivity contribution is 5.97. The number of hydrogen-bond acceptors (Lipinski definition) is 4. The van der Waals surface area contributed by atoms with Gasteiger partial charge in [0.2, 0.25) is 5.91 Å². The highest BCUT2D eigenvalue weighted by Crippen LogP contribution is 2.35. The SMILES string of the molecule is CC(C)N(C(=O)N[C@@H]1CC(=O)N(c2ccc3c(c2)OCCO3)C1)C(C)C. The average Bonchev–Trinajstić information content (AvgIpc) is 2.93. The molecule has 142 valence electrons. The lowest BCUT2D eigenvalue weighted by Gasteiger charge is -2.32. The van der Waals surface area contributed by atoms with Crippen LogP contribution in [-0.2, 0) is 4.79 Å². The fourth-order valence-corrected chi connectivity index (χ4v) is 3.57. The van der Waals surface area contributed by atoms with Crippen LogP contribution in [0.4, 0.5) is 10.5 Å². The zero-order valence-corrected chi connectivity index (χ0v) is 15.8. The quantitative estimate of drug-likeness (QED) is 0.894. The maximum Gasteiger partial charge on any atom is 0.318 e. The van der Waals surface area contributed by atoms with Gasteiger partial charge in [0.1, 0.15) is 13.2 Å². The number of urea groups is 1. The zero-order chi connectivity index (χ0) is 18.8. The summed E-state index contributed by atoms with van der Waals surface area (Å²) in [5.74, 6) is 1.34. The van der Waals surface area contributed by atoms with Gasteiger partial charge in [0.05, 0.1) is 6.04 Å². The summed E-state index contributed by atoms with van der Waals surface area (Å²) < 4.78 is 11.1. The van der Waals surface area contributed by atoms with Crippen molar-refractivity contribution in [3.8, 4) is 11.5 Å². The van der Waals surface area contributed by atoms with E-state index in [-0.39, 0.29) is 30.1 Å². The molecule has 2 aliphatic rings. The third kappa shape index (κ3) is 3.71. The van der Waals surface area contributed by atoms with Crippen LogP contribution >= 0.6 is 0 Å². The van der Waals surface area contributed by atoms with Crippen molar-refractivity contribution in [2.75, 3.05) is 24.7 Å². The number of nitrogens with one attached hydrogen (secondary N) is 1. The summed E-state index contributed by atoms with van der Waals surface area (Å²) in [5, 5.41) is 3.00. The van der Waals surface area contributed by atoms with Crippen molar-refractivity contribution in [2.24, 2.45) is 0 Å². The molecule has 3 amide bonds. The molecule has 0 saturated carbocycles. The summed E-state index contributed by atoms with van der Waals surface area (Å²) in [7, 11) is 0. The maximum atomic E-state index is 12.6. The van der Waals surface area contributed by atoms with Gasteiger partial charge in [-0.05, 0) is 39.8 Å². The van der Waals surface area contributed by atoms with Crippen molar-refractivity contribution in [2.45, 2.75) is 52.2 Å². The zero-order valence-electron chi connectivity index (χ0n) is 15.8. The van der Waals surface area contributed by atoms with Crippen molar-refractivity contribution >= 4 is 17.6 Å². The second-order valence-corrected chi connectivity index (χ2v) is 7.28. The van der Waals surface area contributed by atoms with E-state index in [1.807, 2.05) is 45.9 Å². The number of hydrogen-bond donors (Lipinski definition) is 1. The monoisotopic (exact) mass is 361 g/mol. The van der Waals surface area contributed by atoms with Gasteiger partial charge in [0.25, 0.3) is 0 Å². The number of benzene rings is 1. The molecular formula is C19H27N3O4. The van der Waals surface area contributed by atoms with Gasteiger partial charge in [-0.2, -0.15) is 0 Å². The van der Waals surface area contributed by atoms with E-state index in [2.05, 4.69) is 5.32 Å². The van der Waals surface area contributed by atoms with Crippen LogP contribution in [0.3, 0.4) is 0 Å². The van der Waals surface area contributed by atoms with E-state index in [0.29, 0.717) is 37.7 Å². The van der Waals surface area contributed by atoms with Gasteiger partial charge in [0.15, 0.2) is 11.5 Å². The van der Waals surface area contributed by atoms with Crippen LogP contribution in [0.15, 0.2) is 18.2 Å². The van der Waals surface area contributed by atoms with Gasteiger partial charge >= 0.3 is 6.03 Å². The van der Waals surface area contributed by atoms with E-state index in [1.54, 1.807) is 9.80 Å². The molecule has 26 heavy (non-hydrogen) atoms. The first-order valence-electron chi connectivity index (χ1n) is 9.15. The smallest absolute Gasteiger partial charge is 0.318 e. The second-order valence-electron chi connectivity index (χ2n) is 7.28. The first-order valence-corrected chi connectivity index (χ1v) is 9.15. The Balaban J connectivity index is 1.68. The molecule has 3 rings (SSSR count). The van der Waals surface area contributed by atoms with Crippen LogP contribution in [0.2, 0.25) is 0 Å². The van der Waals surface area contributed by atoms with Gasteiger partial charge in [-0.15, -0.1) is 0 Å². The topological polar surface area (TPSA) is 71.1 Å². The molecule has 1 saturated heterocycles. The number of rotatable bonds is 4. The summed E-state index contributed by atoms with van der Waals surface area (Å²) in [6.45, 7) is 9.44. The van der Waals surface area contributed by atoms with Crippen LogP contribution in [0, 0.1) is 0 Å². The van der Waals surface area contributed by atoms with E-state index < -0.39 is 0 Å². The van der Waals surface area contributed by atoms with Crippen molar-refractivity contribution < 1.29 is 19.1 Å². The third-order valence-corrected chi connectivity index (χ3v) is 4.64. The molecule has 2 heterocycles. The summed E-state index contributed by atoms with van der Waals surface area (Å²) >= 11 is 0.